The van der Waals surface area contributed by atoms with E-state index in [9.17, 15) is 14.4 Å². The van der Waals surface area contributed by atoms with Crippen molar-refractivity contribution >= 4 is 34.2 Å². The van der Waals surface area contributed by atoms with Crippen LogP contribution in [0.4, 0.5) is 5.13 Å². The van der Waals surface area contributed by atoms with Crippen molar-refractivity contribution in [2.24, 2.45) is 11.7 Å². The first-order chi connectivity index (χ1) is 14.4. The number of rotatable bonds is 9. The smallest absolute Gasteiger partial charge is 0.232 e. The number of thiazole rings is 1. The lowest BCUT2D eigenvalue weighted by Crippen LogP contribution is -2.33. The van der Waals surface area contributed by atoms with Crippen molar-refractivity contribution in [1.82, 2.24) is 9.88 Å². The molecule has 3 rings (SSSR count). The molecule has 160 valence electrons. The normalized spacial score (nSPS) is 18.5. The predicted octanol–water partition coefficient (Wildman–Crippen LogP) is 2.51. The van der Waals surface area contributed by atoms with Crippen LogP contribution in [0.15, 0.2) is 29.6 Å². The van der Waals surface area contributed by atoms with Crippen LogP contribution in [0, 0.1) is 5.92 Å². The number of hydrogen-bond acceptors (Lipinski definition) is 6. The summed E-state index contributed by atoms with van der Waals surface area (Å²) in [6, 6.07) is 7.12. The lowest BCUT2D eigenvalue weighted by atomic mass is 9.92. The van der Waals surface area contributed by atoms with Crippen LogP contribution >= 0.6 is 11.3 Å². The van der Waals surface area contributed by atoms with E-state index in [1.165, 1.54) is 11.3 Å². The molecule has 0 bridgehead atoms. The molecule has 1 aliphatic rings. The highest BCUT2D eigenvalue weighted by molar-refractivity contribution is 7.13. The summed E-state index contributed by atoms with van der Waals surface area (Å²) in [6.07, 6.45) is 1.99. The molecule has 0 saturated carbocycles. The number of unbranched alkanes of at least 4 members (excludes halogenated alkanes) is 1. The first-order valence-electron chi connectivity index (χ1n) is 9.90. The third kappa shape index (κ3) is 4.96. The first kappa shape index (κ1) is 21.8. The summed E-state index contributed by atoms with van der Waals surface area (Å²) in [6.45, 7) is 2.68. The quantitative estimate of drug-likeness (QED) is 0.634. The minimum Gasteiger partial charge on any atom is -0.497 e. The predicted molar refractivity (Wildman–Crippen MR) is 114 cm³/mol. The number of ether oxygens (including phenoxy) is 1. The Labute approximate surface area is 179 Å². The van der Waals surface area contributed by atoms with Gasteiger partial charge in [0.1, 0.15) is 5.75 Å². The SMILES string of the molecule is CCCCN1C(=O)CC(C(=O)Nc2nc(CC(N)=O)cs2)C1c1ccc(OC)cc1. The zero-order valence-electron chi connectivity index (χ0n) is 17.1. The molecule has 2 unspecified atom stereocenters. The standard InChI is InChI=1S/C21H26N4O4S/c1-3-4-9-25-18(27)11-16(19(25)13-5-7-15(29-2)8-6-13)20(28)24-21-23-14(12-30-21)10-17(22)26/h5-8,12,16,19H,3-4,9-11H2,1-2H3,(H2,22,26)(H,23,24,28). The summed E-state index contributed by atoms with van der Waals surface area (Å²) < 4.78 is 5.23. The van der Waals surface area contributed by atoms with E-state index in [-0.39, 0.29) is 30.7 Å². The lowest BCUT2D eigenvalue weighted by Gasteiger charge is -2.28. The zero-order chi connectivity index (χ0) is 21.7. The monoisotopic (exact) mass is 430 g/mol. The third-order valence-corrected chi connectivity index (χ3v) is 5.92. The summed E-state index contributed by atoms with van der Waals surface area (Å²) in [5.41, 5.74) is 6.60. The maximum Gasteiger partial charge on any atom is 0.232 e. The van der Waals surface area contributed by atoms with E-state index in [1.807, 2.05) is 24.3 Å². The molecular weight excluding hydrogens is 404 g/mol. The molecule has 1 aliphatic heterocycles. The van der Waals surface area contributed by atoms with Gasteiger partial charge in [-0.2, -0.15) is 0 Å². The van der Waals surface area contributed by atoms with Gasteiger partial charge < -0.3 is 20.7 Å². The van der Waals surface area contributed by atoms with Gasteiger partial charge in [0.05, 0.1) is 31.2 Å². The van der Waals surface area contributed by atoms with Crippen LogP contribution in [0.1, 0.15) is 43.5 Å². The molecule has 0 aliphatic carbocycles. The number of methoxy groups -OCH3 is 1. The van der Waals surface area contributed by atoms with Crippen molar-refractivity contribution in [2.45, 2.75) is 38.6 Å². The number of carbonyl (C=O) groups excluding carboxylic acids is 3. The van der Waals surface area contributed by atoms with Crippen LogP contribution in [0.25, 0.3) is 0 Å². The maximum atomic E-state index is 13.1. The van der Waals surface area contributed by atoms with Crippen LogP contribution in [0.2, 0.25) is 0 Å². The highest BCUT2D eigenvalue weighted by Gasteiger charge is 2.44. The lowest BCUT2D eigenvalue weighted by molar-refractivity contribution is -0.129. The zero-order valence-corrected chi connectivity index (χ0v) is 17.9. The molecule has 0 spiro atoms. The molecule has 1 saturated heterocycles. The van der Waals surface area contributed by atoms with E-state index in [0.717, 1.165) is 18.4 Å². The van der Waals surface area contributed by atoms with Crippen molar-refractivity contribution in [3.05, 3.63) is 40.9 Å². The van der Waals surface area contributed by atoms with Crippen LogP contribution in [0.3, 0.4) is 0 Å². The van der Waals surface area contributed by atoms with E-state index in [0.29, 0.717) is 23.1 Å². The second-order valence-corrected chi connectivity index (χ2v) is 8.10. The molecule has 3 amide bonds. The number of benzene rings is 1. The van der Waals surface area contributed by atoms with Gasteiger partial charge in [-0.3, -0.25) is 14.4 Å². The Morgan fingerprint density at radius 2 is 2.07 bits per heavy atom. The van der Waals surface area contributed by atoms with Gasteiger partial charge in [0.15, 0.2) is 5.13 Å². The molecular formula is C21H26N4O4S. The van der Waals surface area contributed by atoms with Gasteiger partial charge in [0, 0.05) is 18.3 Å². The number of carbonyl (C=O) groups is 3. The Kier molecular flexibility index (Phi) is 7.04. The molecule has 2 atom stereocenters. The second-order valence-electron chi connectivity index (χ2n) is 7.25. The van der Waals surface area contributed by atoms with Crippen molar-refractivity contribution in [1.29, 1.82) is 0 Å². The first-order valence-corrected chi connectivity index (χ1v) is 10.8. The van der Waals surface area contributed by atoms with E-state index >= 15 is 0 Å². The number of anilines is 1. The van der Waals surface area contributed by atoms with E-state index in [2.05, 4.69) is 17.2 Å². The largest absolute Gasteiger partial charge is 0.497 e. The summed E-state index contributed by atoms with van der Waals surface area (Å²) in [4.78, 5) is 42.9. The molecule has 0 radical (unpaired) electrons. The Balaban J connectivity index is 1.82. The van der Waals surface area contributed by atoms with Crippen molar-refractivity contribution in [3.63, 3.8) is 0 Å². The van der Waals surface area contributed by atoms with Gasteiger partial charge >= 0.3 is 0 Å². The number of hydrogen-bond donors (Lipinski definition) is 2. The fourth-order valence-corrected chi connectivity index (χ4v) is 4.37. The number of primary amides is 1. The minimum atomic E-state index is -0.536. The van der Waals surface area contributed by atoms with Crippen molar-refractivity contribution in [3.8, 4) is 5.75 Å². The van der Waals surface area contributed by atoms with Gasteiger partial charge in [0.2, 0.25) is 17.7 Å². The van der Waals surface area contributed by atoms with Crippen molar-refractivity contribution in [2.75, 3.05) is 19.0 Å². The highest BCUT2D eigenvalue weighted by atomic mass is 32.1. The fourth-order valence-electron chi connectivity index (χ4n) is 3.65. The summed E-state index contributed by atoms with van der Waals surface area (Å²) in [5.74, 6) is -0.591. The van der Waals surface area contributed by atoms with Crippen LogP contribution in [-0.4, -0.2) is 41.3 Å². The average Bonchev–Trinajstić information content (AvgIpc) is 3.29. The molecule has 1 aromatic heterocycles. The van der Waals surface area contributed by atoms with E-state index in [4.69, 9.17) is 10.5 Å². The molecule has 30 heavy (non-hydrogen) atoms. The topological polar surface area (TPSA) is 115 Å². The van der Waals surface area contributed by atoms with Crippen molar-refractivity contribution < 1.29 is 19.1 Å². The number of amides is 3. The molecule has 1 aromatic carbocycles. The minimum absolute atomic E-state index is 0.0214. The maximum absolute atomic E-state index is 13.1. The Morgan fingerprint density at radius 3 is 2.70 bits per heavy atom. The molecule has 8 nitrogen and oxygen atoms in total. The van der Waals surface area contributed by atoms with E-state index < -0.39 is 11.8 Å². The second kappa shape index (κ2) is 9.71. The van der Waals surface area contributed by atoms with Crippen LogP contribution < -0.4 is 15.8 Å². The number of aromatic nitrogens is 1. The summed E-state index contributed by atoms with van der Waals surface area (Å²) in [7, 11) is 1.60. The van der Waals surface area contributed by atoms with Crippen LogP contribution in [-0.2, 0) is 20.8 Å². The molecule has 9 heteroatoms. The number of likely N-dealkylation sites (tertiary alicyclic amines) is 1. The Morgan fingerprint density at radius 1 is 1.33 bits per heavy atom. The highest BCUT2D eigenvalue weighted by Crippen LogP contribution is 2.39. The number of nitrogens with one attached hydrogen (secondary N) is 1. The van der Waals surface area contributed by atoms with Gasteiger partial charge in [-0.05, 0) is 24.1 Å². The molecule has 3 N–H and O–H groups in total. The Hall–Kier alpha value is -2.94. The molecule has 2 heterocycles. The number of nitrogens with two attached hydrogens (primary N) is 1. The van der Waals surface area contributed by atoms with Gasteiger partial charge in [-0.15, -0.1) is 11.3 Å². The van der Waals surface area contributed by atoms with Gasteiger partial charge in [-0.1, -0.05) is 25.5 Å². The van der Waals surface area contributed by atoms with E-state index in [1.54, 1.807) is 17.4 Å². The Bertz CT molecular complexity index is 912. The van der Waals surface area contributed by atoms with Crippen LogP contribution in [0.5, 0.6) is 5.75 Å². The third-order valence-electron chi connectivity index (χ3n) is 5.12. The van der Waals surface area contributed by atoms with Gasteiger partial charge in [-0.25, -0.2) is 4.98 Å². The molecule has 1 fully saturated rings. The van der Waals surface area contributed by atoms with Gasteiger partial charge in [0.25, 0.3) is 0 Å². The summed E-state index contributed by atoms with van der Waals surface area (Å²) >= 11 is 1.23. The average molecular weight is 431 g/mol. The fraction of sp³-hybridized carbons (Fsp3) is 0.429. The molecule has 2 aromatic rings. The number of nitrogens with zero attached hydrogens (tertiary/aromatic N) is 2. The summed E-state index contributed by atoms with van der Waals surface area (Å²) in [5, 5.41) is 4.89.